The van der Waals surface area contributed by atoms with Gasteiger partial charge in [0.25, 0.3) is 0 Å². The van der Waals surface area contributed by atoms with E-state index in [1.54, 1.807) is 0 Å². The van der Waals surface area contributed by atoms with E-state index in [9.17, 15) is 0 Å². The summed E-state index contributed by atoms with van der Waals surface area (Å²) >= 11 is 0. The highest BCUT2D eigenvalue weighted by Gasteiger charge is 2.06. The Morgan fingerprint density at radius 2 is 1.25 bits per heavy atom. The zero-order valence-corrected chi connectivity index (χ0v) is 10.1. The predicted molar refractivity (Wildman–Crippen MR) is 60.5 cm³/mol. The van der Waals surface area contributed by atoms with Crippen LogP contribution in [0, 0.1) is 22.7 Å². The van der Waals surface area contributed by atoms with Crippen LogP contribution in [0.3, 0.4) is 0 Å². The summed E-state index contributed by atoms with van der Waals surface area (Å²) < 4.78 is 10.9. The summed E-state index contributed by atoms with van der Waals surface area (Å²) in [6, 6.07) is 4.08. The second-order valence-electron chi connectivity index (χ2n) is 3.76. The molecule has 0 spiro atoms. The van der Waals surface area contributed by atoms with E-state index in [2.05, 4.69) is 0 Å². The van der Waals surface area contributed by atoms with Crippen molar-refractivity contribution < 1.29 is 9.47 Å². The van der Waals surface area contributed by atoms with Crippen molar-refractivity contribution in [1.82, 2.24) is 0 Å². The van der Waals surface area contributed by atoms with Crippen LogP contribution >= 0.6 is 0 Å². The van der Waals surface area contributed by atoms with Crippen molar-refractivity contribution in [3.05, 3.63) is 0 Å². The van der Waals surface area contributed by atoms with Gasteiger partial charge in [0.15, 0.2) is 0 Å². The maximum atomic E-state index is 8.34. The molecular formula is C12H20N2O2. The maximum Gasteiger partial charge on any atom is 0.0645 e. The largest absolute Gasteiger partial charge is 0.377 e. The Bertz CT molecular complexity index is 216. The fourth-order valence-electron chi connectivity index (χ4n) is 1.25. The predicted octanol–water partition coefficient (Wildman–Crippen LogP) is 2.40. The zero-order valence-electron chi connectivity index (χ0n) is 10.1. The van der Waals surface area contributed by atoms with Crippen molar-refractivity contribution in [1.29, 1.82) is 10.5 Å². The highest BCUT2D eigenvalue weighted by molar-refractivity contribution is 4.69. The third-order valence-electron chi connectivity index (χ3n) is 2.21. The molecule has 0 fully saturated rings. The first kappa shape index (κ1) is 14.9. The molecule has 0 aliphatic carbocycles. The molecule has 0 aromatic carbocycles. The van der Waals surface area contributed by atoms with Crippen LogP contribution in [0.2, 0.25) is 0 Å². The maximum absolute atomic E-state index is 8.34. The molecule has 2 atom stereocenters. The molecule has 2 unspecified atom stereocenters. The Morgan fingerprint density at radius 1 is 0.875 bits per heavy atom. The molecule has 0 saturated heterocycles. The monoisotopic (exact) mass is 224 g/mol. The minimum atomic E-state index is 0.162. The normalized spacial score (nSPS) is 13.8. The smallest absolute Gasteiger partial charge is 0.0645 e. The molecule has 16 heavy (non-hydrogen) atoms. The molecule has 0 aliphatic rings. The lowest BCUT2D eigenvalue weighted by molar-refractivity contribution is 0.0286. The van der Waals surface area contributed by atoms with Crippen molar-refractivity contribution >= 4 is 0 Å². The molecule has 0 amide bonds. The van der Waals surface area contributed by atoms with Crippen LogP contribution in [0.4, 0.5) is 0 Å². The van der Waals surface area contributed by atoms with Crippen LogP contribution in [0.5, 0.6) is 0 Å². The lowest BCUT2D eigenvalue weighted by atomic mass is 10.1. The van der Waals surface area contributed by atoms with Gasteiger partial charge in [0.2, 0.25) is 0 Å². The van der Waals surface area contributed by atoms with E-state index in [1.165, 1.54) is 0 Å². The highest BCUT2D eigenvalue weighted by atomic mass is 16.5. The lowest BCUT2D eigenvalue weighted by Crippen LogP contribution is -2.15. The average Bonchev–Trinajstić information content (AvgIpc) is 2.27. The summed E-state index contributed by atoms with van der Waals surface area (Å²) in [5.41, 5.74) is 0. The van der Waals surface area contributed by atoms with Crippen LogP contribution in [0.1, 0.15) is 39.5 Å². The molecule has 0 heterocycles. The van der Waals surface area contributed by atoms with Crippen LogP contribution in [0.25, 0.3) is 0 Å². The first-order valence-corrected chi connectivity index (χ1v) is 5.67. The summed E-state index contributed by atoms with van der Waals surface area (Å²) in [5, 5.41) is 16.7. The summed E-state index contributed by atoms with van der Waals surface area (Å²) in [5.74, 6) is 0. The quantitative estimate of drug-likeness (QED) is 0.564. The number of hydrogen-bond donors (Lipinski definition) is 0. The second-order valence-corrected chi connectivity index (χ2v) is 3.76. The molecule has 0 N–H and O–H groups in total. The van der Waals surface area contributed by atoms with Crippen molar-refractivity contribution in [3.8, 4) is 12.1 Å². The molecule has 90 valence electrons. The van der Waals surface area contributed by atoms with Gasteiger partial charge in [0.1, 0.15) is 0 Å². The Labute approximate surface area is 97.8 Å². The summed E-state index contributed by atoms with van der Waals surface area (Å²) in [6.07, 6.45) is 3.04. The number of nitrogens with zero attached hydrogens (tertiary/aromatic N) is 2. The van der Waals surface area contributed by atoms with Crippen molar-refractivity contribution in [3.63, 3.8) is 0 Å². The second kappa shape index (κ2) is 10.4. The third kappa shape index (κ3) is 9.45. The fraction of sp³-hybridized carbons (Fsp3) is 0.833. The molecule has 0 radical (unpaired) electrons. The third-order valence-corrected chi connectivity index (χ3v) is 2.21. The van der Waals surface area contributed by atoms with Crippen molar-refractivity contribution in [2.24, 2.45) is 0 Å². The molecule has 0 rings (SSSR count). The van der Waals surface area contributed by atoms with Gasteiger partial charge in [-0.15, -0.1) is 0 Å². The van der Waals surface area contributed by atoms with E-state index in [0.29, 0.717) is 26.1 Å². The highest BCUT2D eigenvalue weighted by Crippen LogP contribution is 2.08. The lowest BCUT2D eigenvalue weighted by Gasteiger charge is -2.16. The van der Waals surface area contributed by atoms with E-state index >= 15 is 0 Å². The SMILES string of the molecule is CC(CCC(C)OCCC#N)OCCC#N. The molecule has 0 aromatic rings. The van der Waals surface area contributed by atoms with Crippen LogP contribution < -0.4 is 0 Å². The van der Waals surface area contributed by atoms with Crippen LogP contribution in [-0.2, 0) is 9.47 Å². The minimum Gasteiger partial charge on any atom is -0.377 e. The van der Waals surface area contributed by atoms with E-state index in [1.807, 2.05) is 26.0 Å². The van der Waals surface area contributed by atoms with Crippen LogP contribution in [-0.4, -0.2) is 25.4 Å². The van der Waals surface area contributed by atoms with Gasteiger partial charge in [0.05, 0.1) is 50.4 Å². The fourth-order valence-corrected chi connectivity index (χ4v) is 1.25. The molecular weight excluding hydrogens is 204 g/mol. The average molecular weight is 224 g/mol. The van der Waals surface area contributed by atoms with Gasteiger partial charge in [0, 0.05) is 0 Å². The first-order chi connectivity index (χ1) is 7.70. The van der Waals surface area contributed by atoms with E-state index < -0.39 is 0 Å². The molecule has 0 saturated carbocycles. The Hall–Kier alpha value is -1.10. The standard InChI is InChI=1S/C12H20N2O2/c1-11(15-9-3-7-13)5-6-12(2)16-10-4-8-14/h11-12H,3-6,9-10H2,1-2H3. The Morgan fingerprint density at radius 3 is 1.56 bits per heavy atom. The van der Waals surface area contributed by atoms with E-state index in [4.69, 9.17) is 20.0 Å². The number of nitriles is 2. The topological polar surface area (TPSA) is 66.0 Å². The molecule has 0 aromatic heterocycles. The number of hydrogen-bond acceptors (Lipinski definition) is 4. The Kier molecular flexibility index (Phi) is 9.70. The number of rotatable bonds is 9. The van der Waals surface area contributed by atoms with Gasteiger partial charge < -0.3 is 9.47 Å². The number of ether oxygens (including phenoxy) is 2. The molecule has 4 nitrogen and oxygen atoms in total. The van der Waals surface area contributed by atoms with Gasteiger partial charge in [-0.05, 0) is 26.7 Å². The van der Waals surface area contributed by atoms with Gasteiger partial charge >= 0.3 is 0 Å². The molecule has 0 aliphatic heterocycles. The van der Waals surface area contributed by atoms with E-state index in [-0.39, 0.29) is 12.2 Å². The van der Waals surface area contributed by atoms with Gasteiger partial charge in [-0.3, -0.25) is 0 Å². The van der Waals surface area contributed by atoms with Crippen molar-refractivity contribution in [2.75, 3.05) is 13.2 Å². The summed E-state index contributed by atoms with van der Waals surface area (Å²) in [4.78, 5) is 0. The molecule has 4 heteroatoms. The van der Waals surface area contributed by atoms with Gasteiger partial charge in [-0.25, -0.2) is 0 Å². The van der Waals surface area contributed by atoms with Crippen LogP contribution in [0.15, 0.2) is 0 Å². The molecule has 0 bridgehead atoms. The van der Waals surface area contributed by atoms with Crippen molar-refractivity contribution in [2.45, 2.75) is 51.7 Å². The summed E-state index contributed by atoms with van der Waals surface area (Å²) in [7, 11) is 0. The van der Waals surface area contributed by atoms with Gasteiger partial charge in [-0.1, -0.05) is 0 Å². The first-order valence-electron chi connectivity index (χ1n) is 5.67. The zero-order chi connectivity index (χ0) is 12.2. The summed E-state index contributed by atoms with van der Waals surface area (Å²) in [6.45, 7) is 5.00. The minimum absolute atomic E-state index is 0.162. The van der Waals surface area contributed by atoms with E-state index in [0.717, 1.165) is 12.8 Å². The van der Waals surface area contributed by atoms with Gasteiger partial charge in [-0.2, -0.15) is 10.5 Å². The Balaban J connectivity index is 3.41.